The first-order valence-corrected chi connectivity index (χ1v) is 8.01. The molecule has 128 valence electrons. The molecule has 3 rings (SSSR count). The van der Waals surface area contributed by atoms with Gasteiger partial charge in [-0.2, -0.15) is 0 Å². The van der Waals surface area contributed by atoms with Gasteiger partial charge in [0.1, 0.15) is 5.82 Å². The quantitative estimate of drug-likeness (QED) is 0.726. The van der Waals surface area contributed by atoms with Crippen molar-refractivity contribution < 1.29 is 14.0 Å². The summed E-state index contributed by atoms with van der Waals surface area (Å²) in [5.41, 5.74) is 1.85. The maximum absolute atomic E-state index is 13.1. The second-order valence-electron chi connectivity index (χ2n) is 5.83. The Morgan fingerprint density at radius 1 is 1.00 bits per heavy atom. The lowest BCUT2D eigenvalue weighted by molar-refractivity contribution is -0.111. The summed E-state index contributed by atoms with van der Waals surface area (Å²) in [6.45, 7) is 0. The second kappa shape index (κ2) is 7.61. The molecule has 1 aliphatic rings. The zero-order chi connectivity index (χ0) is 17.6. The van der Waals surface area contributed by atoms with Crippen LogP contribution in [0.15, 0.2) is 54.6 Å². The number of nitrogens with one attached hydrogen (secondary N) is 3. The molecule has 2 aromatic carbocycles. The molecule has 1 saturated carbocycles. The van der Waals surface area contributed by atoms with E-state index in [9.17, 15) is 14.0 Å². The van der Waals surface area contributed by atoms with E-state index in [1.807, 2.05) is 0 Å². The van der Waals surface area contributed by atoms with Gasteiger partial charge in [-0.1, -0.05) is 12.1 Å². The number of halogens is 1. The number of benzene rings is 2. The summed E-state index contributed by atoms with van der Waals surface area (Å²) in [5, 5.41) is 8.26. The number of rotatable bonds is 5. The molecule has 0 heterocycles. The number of hydrogen-bond acceptors (Lipinski definition) is 2. The molecule has 0 unspecified atom stereocenters. The summed E-state index contributed by atoms with van der Waals surface area (Å²) >= 11 is 0. The topological polar surface area (TPSA) is 70.2 Å². The van der Waals surface area contributed by atoms with E-state index in [0.717, 1.165) is 12.8 Å². The van der Waals surface area contributed by atoms with Gasteiger partial charge >= 0.3 is 6.03 Å². The highest BCUT2D eigenvalue weighted by atomic mass is 19.1. The predicted octanol–water partition coefficient (Wildman–Crippen LogP) is 3.76. The van der Waals surface area contributed by atoms with E-state index in [1.165, 1.54) is 24.3 Å². The van der Waals surface area contributed by atoms with Crippen molar-refractivity contribution in [2.45, 2.75) is 18.9 Å². The Labute approximate surface area is 144 Å². The lowest BCUT2D eigenvalue weighted by Gasteiger charge is -2.07. The first-order valence-electron chi connectivity index (χ1n) is 8.01. The minimum atomic E-state index is -0.351. The van der Waals surface area contributed by atoms with Crippen LogP contribution in [-0.4, -0.2) is 18.0 Å². The van der Waals surface area contributed by atoms with Crippen molar-refractivity contribution in [3.05, 3.63) is 66.0 Å². The third-order valence-electron chi connectivity index (χ3n) is 3.60. The van der Waals surface area contributed by atoms with Crippen LogP contribution in [-0.2, 0) is 4.79 Å². The Balaban J connectivity index is 1.51. The molecule has 0 aromatic heterocycles. The van der Waals surface area contributed by atoms with Gasteiger partial charge in [-0.05, 0) is 60.9 Å². The van der Waals surface area contributed by atoms with Crippen LogP contribution in [0.4, 0.5) is 20.6 Å². The molecule has 1 fully saturated rings. The van der Waals surface area contributed by atoms with E-state index in [2.05, 4.69) is 16.0 Å². The van der Waals surface area contributed by atoms with Crippen molar-refractivity contribution in [2.24, 2.45) is 0 Å². The molecule has 1 aliphatic carbocycles. The zero-order valence-electron chi connectivity index (χ0n) is 13.5. The van der Waals surface area contributed by atoms with Crippen molar-refractivity contribution in [1.29, 1.82) is 0 Å². The van der Waals surface area contributed by atoms with Gasteiger partial charge in [-0.25, -0.2) is 9.18 Å². The van der Waals surface area contributed by atoms with Gasteiger partial charge < -0.3 is 16.0 Å². The van der Waals surface area contributed by atoms with Crippen LogP contribution < -0.4 is 16.0 Å². The molecule has 0 aliphatic heterocycles. The Morgan fingerprint density at radius 2 is 1.68 bits per heavy atom. The van der Waals surface area contributed by atoms with Gasteiger partial charge in [0.15, 0.2) is 0 Å². The SMILES string of the molecule is O=C(/C=C/c1cccc(F)c1)Nc1ccc(NC(=O)NC2CC2)cc1. The number of hydrogen-bond donors (Lipinski definition) is 3. The third kappa shape index (κ3) is 5.46. The Kier molecular flexibility index (Phi) is 5.09. The first-order chi connectivity index (χ1) is 12.1. The lowest BCUT2D eigenvalue weighted by atomic mass is 10.2. The molecule has 2 aromatic rings. The van der Waals surface area contributed by atoms with E-state index in [4.69, 9.17) is 0 Å². The lowest BCUT2D eigenvalue weighted by Crippen LogP contribution is -2.30. The monoisotopic (exact) mass is 339 g/mol. The van der Waals surface area contributed by atoms with Crippen molar-refractivity contribution in [2.75, 3.05) is 10.6 Å². The maximum atomic E-state index is 13.1. The van der Waals surface area contributed by atoms with Crippen molar-refractivity contribution in [3.8, 4) is 0 Å². The number of carbonyl (C=O) groups is 2. The van der Waals surface area contributed by atoms with E-state index in [0.29, 0.717) is 23.0 Å². The van der Waals surface area contributed by atoms with Crippen LogP contribution in [0.25, 0.3) is 6.08 Å². The molecule has 6 heteroatoms. The average molecular weight is 339 g/mol. The van der Waals surface area contributed by atoms with Crippen LogP contribution in [0, 0.1) is 5.82 Å². The highest BCUT2D eigenvalue weighted by Gasteiger charge is 2.23. The van der Waals surface area contributed by atoms with Crippen LogP contribution in [0.2, 0.25) is 0 Å². The third-order valence-corrected chi connectivity index (χ3v) is 3.60. The average Bonchev–Trinajstić information content (AvgIpc) is 3.39. The summed E-state index contributed by atoms with van der Waals surface area (Å²) in [6, 6.07) is 12.9. The fourth-order valence-corrected chi connectivity index (χ4v) is 2.18. The van der Waals surface area contributed by atoms with Gasteiger partial charge in [0.2, 0.25) is 5.91 Å². The minimum Gasteiger partial charge on any atom is -0.335 e. The highest BCUT2D eigenvalue weighted by Crippen LogP contribution is 2.19. The first kappa shape index (κ1) is 16.7. The summed E-state index contributed by atoms with van der Waals surface area (Å²) < 4.78 is 13.1. The van der Waals surface area contributed by atoms with E-state index in [1.54, 1.807) is 36.4 Å². The normalized spacial score (nSPS) is 13.5. The molecule has 0 spiro atoms. The van der Waals surface area contributed by atoms with Gasteiger partial charge in [0.05, 0.1) is 0 Å². The molecule has 0 radical (unpaired) electrons. The van der Waals surface area contributed by atoms with Gasteiger partial charge in [-0.3, -0.25) is 4.79 Å². The second-order valence-corrected chi connectivity index (χ2v) is 5.83. The molecule has 5 nitrogen and oxygen atoms in total. The molecular formula is C19H18FN3O2. The van der Waals surface area contributed by atoms with Gasteiger partial charge in [0.25, 0.3) is 0 Å². The molecule has 3 N–H and O–H groups in total. The summed E-state index contributed by atoms with van der Waals surface area (Å²) in [4.78, 5) is 23.5. The van der Waals surface area contributed by atoms with Crippen molar-refractivity contribution >= 4 is 29.4 Å². The van der Waals surface area contributed by atoms with Crippen LogP contribution in [0.3, 0.4) is 0 Å². The standard InChI is InChI=1S/C19H18FN3O2/c20-14-3-1-2-13(12-14)4-11-18(24)21-15-5-7-16(8-6-15)22-19(25)23-17-9-10-17/h1-8,11-12,17H,9-10H2,(H,21,24)(H2,22,23,25)/b11-4+. The summed E-state index contributed by atoms with van der Waals surface area (Å²) in [7, 11) is 0. The Bertz CT molecular complexity index is 799. The largest absolute Gasteiger partial charge is 0.335 e. The number of carbonyl (C=O) groups excluding carboxylic acids is 2. The molecule has 0 saturated heterocycles. The molecular weight excluding hydrogens is 321 g/mol. The zero-order valence-corrected chi connectivity index (χ0v) is 13.5. The predicted molar refractivity (Wildman–Crippen MR) is 95.7 cm³/mol. The summed E-state index contributed by atoms with van der Waals surface area (Å²) in [5.74, 6) is -0.673. The van der Waals surface area contributed by atoms with E-state index < -0.39 is 0 Å². The van der Waals surface area contributed by atoms with E-state index >= 15 is 0 Å². The van der Waals surface area contributed by atoms with Crippen molar-refractivity contribution in [3.63, 3.8) is 0 Å². The molecule has 0 bridgehead atoms. The van der Waals surface area contributed by atoms with Crippen molar-refractivity contribution in [1.82, 2.24) is 5.32 Å². The maximum Gasteiger partial charge on any atom is 0.319 e. The Hall–Kier alpha value is -3.15. The fourth-order valence-electron chi connectivity index (χ4n) is 2.18. The summed E-state index contributed by atoms with van der Waals surface area (Å²) in [6.07, 6.45) is 4.93. The number of urea groups is 1. The Morgan fingerprint density at radius 3 is 2.32 bits per heavy atom. The number of anilines is 2. The molecule has 3 amide bonds. The fraction of sp³-hybridized carbons (Fsp3) is 0.158. The van der Waals surface area contributed by atoms with E-state index in [-0.39, 0.29) is 17.8 Å². The minimum absolute atomic E-state index is 0.225. The van der Waals surface area contributed by atoms with Crippen LogP contribution >= 0.6 is 0 Å². The van der Waals surface area contributed by atoms with Gasteiger partial charge in [-0.15, -0.1) is 0 Å². The smallest absolute Gasteiger partial charge is 0.319 e. The van der Waals surface area contributed by atoms with Crippen LogP contribution in [0.1, 0.15) is 18.4 Å². The molecule has 0 atom stereocenters. The number of amides is 3. The van der Waals surface area contributed by atoms with Gasteiger partial charge in [0, 0.05) is 23.5 Å². The highest BCUT2D eigenvalue weighted by molar-refractivity contribution is 6.02. The molecule has 25 heavy (non-hydrogen) atoms. The van der Waals surface area contributed by atoms with Crippen LogP contribution in [0.5, 0.6) is 0 Å².